The highest BCUT2D eigenvalue weighted by Gasteiger charge is 2.31. The molecular weight excluding hydrogens is 236 g/mol. The van der Waals surface area contributed by atoms with E-state index in [-0.39, 0.29) is 5.76 Å². The molecule has 6 nitrogen and oxygen atoms in total. The van der Waals surface area contributed by atoms with Crippen LogP contribution in [-0.4, -0.2) is 28.0 Å². The zero-order valence-corrected chi connectivity index (χ0v) is 10.4. The molecule has 1 aromatic heterocycles. The van der Waals surface area contributed by atoms with Gasteiger partial charge in [0, 0.05) is 6.92 Å². The molecule has 0 bridgehead atoms. The topological polar surface area (TPSA) is 92.4 Å². The smallest absolute Gasteiger partial charge is 0.326 e. The molecule has 0 aliphatic heterocycles. The fourth-order valence-corrected chi connectivity index (χ4v) is 1.87. The molecular formula is C12H16N2O4. The second kappa shape index (κ2) is 4.80. The number of carbonyl (C=O) groups is 2. The number of rotatable bonds is 5. The van der Waals surface area contributed by atoms with Crippen molar-refractivity contribution >= 4 is 11.9 Å². The number of hydrogen-bond donors (Lipinski definition) is 2. The quantitative estimate of drug-likeness (QED) is 0.823. The molecule has 1 aliphatic carbocycles. The number of carbonyl (C=O) groups excluding carboxylic acids is 1. The molecule has 0 radical (unpaired) electrons. The maximum atomic E-state index is 11.9. The maximum Gasteiger partial charge on any atom is 0.326 e. The highest BCUT2D eigenvalue weighted by Crippen LogP contribution is 2.33. The molecule has 1 saturated carbocycles. The van der Waals surface area contributed by atoms with E-state index in [1.165, 1.54) is 0 Å². The number of aromatic nitrogens is 1. The van der Waals surface area contributed by atoms with Gasteiger partial charge in [0.05, 0.1) is 5.69 Å². The van der Waals surface area contributed by atoms with E-state index >= 15 is 0 Å². The third-order valence-corrected chi connectivity index (χ3v) is 2.98. The number of hydrogen-bond acceptors (Lipinski definition) is 4. The van der Waals surface area contributed by atoms with Crippen molar-refractivity contribution in [2.75, 3.05) is 0 Å². The first-order valence-electron chi connectivity index (χ1n) is 5.95. The van der Waals surface area contributed by atoms with Crippen LogP contribution in [0, 0.1) is 19.8 Å². The summed E-state index contributed by atoms with van der Waals surface area (Å²) in [5, 5.41) is 11.5. The van der Waals surface area contributed by atoms with Crippen molar-refractivity contribution in [1.82, 2.24) is 10.3 Å². The number of aliphatic carboxylic acids is 1. The molecule has 1 aliphatic rings. The number of nitrogens with one attached hydrogen (secondary N) is 1. The van der Waals surface area contributed by atoms with E-state index in [9.17, 15) is 9.59 Å². The minimum absolute atomic E-state index is 0.0922. The van der Waals surface area contributed by atoms with Crippen LogP contribution in [0.15, 0.2) is 4.42 Å². The molecule has 2 rings (SSSR count). The van der Waals surface area contributed by atoms with E-state index in [2.05, 4.69) is 10.3 Å². The number of aryl methyl sites for hydroxylation is 2. The molecule has 1 unspecified atom stereocenters. The van der Waals surface area contributed by atoms with Crippen LogP contribution < -0.4 is 5.32 Å². The number of oxazole rings is 1. The van der Waals surface area contributed by atoms with Gasteiger partial charge in [0.15, 0.2) is 5.89 Å². The molecule has 1 heterocycles. The molecule has 0 saturated heterocycles. The monoisotopic (exact) mass is 252 g/mol. The second-order valence-corrected chi connectivity index (χ2v) is 4.69. The van der Waals surface area contributed by atoms with Gasteiger partial charge in [-0.25, -0.2) is 9.78 Å². The van der Waals surface area contributed by atoms with E-state index in [1.54, 1.807) is 13.8 Å². The fourth-order valence-electron chi connectivity index (χ4n) is 1.87. The third kappa shape index (κ3) is 2.88. The molecule has 1 fully saturated rings. The number of carboxylic acids is 1. The number of nitrogens with zero attached hydrogens (tertiary/aromatic N) is 1. The van der Waals surface area contributed by atoms with Crippen LogP contribution in [0.2, 0.25) is 0 Å². The van der Waals surface area contributed by atoms with Crippen molar-refractivity contribution < 1.29 is 19.1 Å². The predicted molar refractivity (Wildman–Crippen MR) is 62.2 cm³/mol. The molecule has 1 atom stereocenters. The Hall–Kier alpha value is -1.85. The summed E-state index contributed by atoms with van der Waals surface area (Å²) in [4.78, 5) is 26.9. The summed E-state index contributed by atoms with van der Waals surface area (Å²) in [5.41, 5.74) is 0.473. The molecule has 2 N–H and O–H groups in total. The summed E-state index contributed by atoms with van der Waals surface area (Å²) in [6, 6.07) is -0.852. The van der Waals surface area contributed by atoms with Crippen molar-refractivity contribution in [3.63, 3.8) is 0 Å². The minimum atomic E-state index is -1.01. The Morgan fingerprint density at radius 3 is 2.61 bits per heavy atom. The highest BCUT2D eigenvalue weighted by atomic mass is 16.4. The van der Waals surface area contributed by atoms with Crippen LogP contribution in [0.3, 0.4) is 0 Å². The van der Waals surface area contributed by atoms with Crippen molar-refractivity contribution in [1.29, 1.82) is 0 Å². The van der Waals surface area contributed by atoms with E-state index in [0.717, 1.165) is 12.8 Å². The normalized spacial score (nSPS) is 16.3. The lowest BCUT2D eigenvalue weighted by molar-refractivity contribution is -0.139. The standard InChI is InChI=1S/C12H16N2O4/c1-6-10(18-7(2)13-6)11(15)14-9(12(16)17)5-8-3-4-8/h8-9H,3-5H2,1-2H3,(H,14,15)(H,16,17). The van der Waals surface area contributed by atoms with E-state index in [4.69, 9.17) is 9.52 Å². The number of carboxylic acid groups (broad SMARTS) is 1. The van der Waals surface area contributed by atoms with Crippen molar-refractivity contribution in [3.8, 4) is 0 Å². The van der Waals surface area contributed by atoms with Gasteiger partial charge in [-0.3, -0.25) is 4.79 Å². The first-order chi connectivity index (χ1) is 8.47. The molecule has 6 heteroatoms. The maximum absolute atomic E-state index is 11.9. The molecule has 18 heavy (non-hydrogen) atoms. The Bertz CT molecular complexity index is 476. The van der Waals surface area contributed by atoms with Gasteiger partial charge in [-0.05, 0) is 19.3 Å². The van der Waals surface area contributed by atoms with Crippen LogP contribution in [0.5, 0.6) is 0 Å². The molecule has 98 valence electrons. The first kappa shape index (κ1) is 12.6. The molecule has 0 aromatic carbocycles. The third-order valence-electron chi connectivity index (χ3n) is 2.98. The molecule has 0 spiro atoms. The van der Waals surface area contributed by atoms with Crippen molar-refractivity contribution in [2.45, 2.75) is 39.2 Å². The summed E-state index contributed by atoms with van der Waals surface area (Å²) >= 11 is 0. The van der Waals surface area contributed by atoms with Gasteiger partial charge in [-0.15, -0.1) is 0 Å². The van der Waals surface area contributed by atoms with Gasteiger partial charge >= 0.3 is 5.97 Å². The average Bonchev–Trinajstić information content (AvgIpc) is 3.02. The van der Waals surface area contributed by atoms with Crippen LogP contribution in [0.25, 0.3) is 0 Å². The zero-order valence-electron chi connectivity index (χ0n) is 10.4. The minimum Gasteiger partial charge on any atom is -0.480 e. The summed E-state index contributed by atoms with van der Waals surface area (Å²) < 4.78 is 5.16. The van der Waals surface area contributed by atoms with E-state index in [1.807, 2.05) is 0 Å². The van der Waals surface area contributed by atoms with Crippen LogP contribution >= 0.6 is 0 Å². The average molecular weight is 252 g/mol. The lowest BCUT2D eigenvalue weighted by Crippen LogP contribution is -2.41. The fraction of sp³-hybridized carbons (Fsp3) is 0.583. The van der Waals surface area contributed by atoms with Crippen LogP contribution in [0.1, 0.15) is 41.4 Å². The lowest BCUT2D eigenvalue weighted by atomic mass is 10.1. The lowest BCUT2D eigenvalue weighted by Gasteiger charge is -2.12. The molecule has 1 aromatic rings. The van der Waals surface area contributed by atoms with Gasteiger partial charge in [-0.1, -0.05) is 12.8 Å². The largest absolute Gasteiger partial charge is 0.480 e. The van der Waals surface area contributed by atoms with Gasteiger partial charge in [0.1, 0.15) is 6.04 Å². The van der Waals surface area contributed by atoms with Gasteiger partial charge in [0.25, 0.3) is 5.91 Å². The highest BCUT2D eigenvalue weighted by molar-refractivity contribution is 5.95. The Morgan fingerprint density at radius 2 is 2.17 bits per heavy atom. The Kier molecular flexibility index (Phi) is 3.36. The van der Waals surface area contributed by atoms with Crippen LogP contribution in [-0.2, 0) is 4.79 Å². The number of amides is 1. The zero-order chi connectivity index (χ0) is 13.3. The SMILES string of the molecule is Cc1nc(C)c(C(=O)NC(CC2CC2)C(=O)O)o1. The van der Waals surface area contributed by atoms with E-state index in [0.29, 0.717) is 23.9 Å². The van der Waals surface area contributed by atoms with Crippen molar-refractivity contribution in [3.05, 3.63) is 17.3 Å². The molecule has 1 amide bonds. The van der Waals surface area contributed by atoms with Gasteiger partial charge in [0.2, 0.25) is 5.76 Å². The summed E-state index contributed by atoms with van der Waals surface area (Å²) in [7, 11) is 0. The summed E-state index contributed by atoms with van der Waals surface area (Å²) in [6.07, 6.45) is 2.56. The predicted octanol–water partition coefficient (Wildman–Crippen LogP) is 1.27. The van der Waals surface area contributed by atoms with E-state index < -0.39 is 17.9 Å². The van der Waals surface area contributed by atoms with Gasteiger partial charge in [-0.2, -0.15) is 0 Å². The Morgan fingerprint density at radius 1 is 1.50 bits per heavy atom. The Balaban J connectivity index is 2.03. The Labute approximate surface area is 104 Å². The van der Waals surface area contributed by atoms with Crippen molar-refractivity contribution in [2.24, 2.45) is 5.92 Å². The summed E-state index contributed by atoms with van der Waals surface area (Å²) in [6.45, 7) is 3.30. The first-order valence-corrected chi connectivity index (χ1v) is 5.95. The summed E-state index contributed by atoms with van der Waals surface area (Å²) in [5.74, 6) is -0.615. The van der Waals surface area contributed by atoms with Crippen LogP contribution in [0.4, 0.5) is 0 Å². The van der Waals surface area contributed by atoms with Gasteiger partial charge < -0.3 is 14.8 Å². The second-order valence-electron chi connectivity index (χ2n) is 4.69.